The van der Waals surface area contributed by atoms with Gasteiger partial charge in [0.1, 0.15) is 0 Å². The monoisotopic (exact) mass is 424 g/mol. The van der Waals surface area contributed by atoms with Gasteiger partial charge in [0, 0.05) is 0 Å². The lowest BCUT2D eigenvalue weighted by Crippen LogP contribution is -2.27. The van der Waals surface area contributed by atoms with Gasteiger partial charge < -0.3 is 0 Å². The second-order valence-corrected chi connectivity index (χ2v) is 10.2. The Kier molecular flexibility index (Phi) is 17.1. The van der Waals surface area contributed by atoms with Crippen LogP contribution in [0.5, 0.6) is 0 Å². The van der Waals surface area contributed by atoms with Crippen LogP contribution in [-0.2, 0) is 0 Å². The Hall–Kier alpha value is 0.690. The van der Waals surface area contributed by atoms with E-state index in [-0.39, 0.29) is 0 Å². The molecule has 0 atom stereocenters. The molecule has 0 aliphatic carbocycles. The molecule has 0 aromatic heterocycles. The van der Waals surface area contributed by atoms with Crippen molar-refractivity contribution in [2.24, 2.45) is 0 Å². The van der Waals surface area contributed by atoms with Gasteiger partial charge in [0.25, 0.3) is 0 Å². The molecule has 0 spiro atoms. The average Bonchev–Trinajstić information content (AvgIpc) is 2.45. The van der Waals surface area contributed by atoms with E-state index in [0.29, 0.717) is 0 Å². The van der Waals surface area contributed by atoms with Crippen LogP contribution in [-0.4, -0.2) is 23.3 Å². The van der Waals surface area contributed by atoms with E-state index in [1.807, 2.05) is 0 Å². The third-order valence-electron chi connectivity index (χ3n) is 4.54. The molecule has 134 valence electrons. The molecule has 0 unspecified atom stereocenters. The third-order valence-corrected chi connectivity index (χ3v) is 5.03. The van der Waals surface area contributed by atoms with Crippen LogP contribution in [0.3, 0.4) is 0 Å². The first-order chi connectivity index (χ1) is 10.6. The zero-order chi connectivity index (χ0) is 16.5. The molecule has 0 heterocycles. The molecule has 0 aliphatic rings. The number of quaternary nitrogens is 1. The van der Waals surface area contributed by atoms with E-state index in [1.54, 1.807) is 0 Å². The molecule has 0 N–H and O–H groups in total. The molecule has 0 aromatic rings. The molecule has 0 aliphatic heterocycles. The molecule has 0 fully saturated rings. The molecular formula is C20H43IN+. The normalized spacial score (nSPS) is 12.0. The third kappa shape index (κ3) is 20.7. The van der Waals surface area contributed by atoms with Crippen LogP contribution < -0.4 is 0 Å². The maximum Gasteiger partial charge on any atom is 0.248 e. The van der Waals surface area contributed by atoms with Gasteiger partial charge in [-0.2, -0.15) is 0 Å². The standard InChI is InChI=1S/C20H43IN/c1-4-5-6-7-8-9-10-11-12-13-14-15-16-17-18-19-20-22(2,3)21/h4-20H2,1-3H3/q+1. The van der Waals surface area contributed by atoms with Crippen LogP contribution in [0.15, 0.2) is 0 Å². The van der Waals surface area contributed by atoms with Crippen LogP contribution in [0.4, 0.5) is 0 Å². The molecule has 0 rings (SSSR count). The molecular weight excluding hydrogens is 381 g/mol. The predicted molar refractivity (Wildman–Crippen MR) is 111 cm³/mol. The molecule has 0 bridgehead atoms. The van der Waals surface area contributed by atoms with E-state index >= 15 is 0 Å². The van der Waals surface area contributed by atoms with Crippen LogP contribution in [0.25, 0.3) is 0 Å². The first-order valence-corrected chi connectivity index (χ1v) is 11.1. The highest BCUT2D eigenvalue weighted by atomic mass is 127. The Morgan fingerprint density at radius 3 is 1.05 bits per heavy atom. The topological polar surface area (TPSA) is 0 Å². The summed E-state index contributed by atoms with van der Waals surface area (Å²) in [6, 6.07) is 0. The summed E-state index contributed by atoms with van der Waals surface area (Å²) in [5, 5.41) is 0. The van der Waals surface area contributed by atoms with Gasteiger partial charge in [-0.1, -0.05) is 96.8 Å². The zero-order valence-corrected chi connectivity index (χ0v) is 18.0. The molecule has 22 heavy (non-hydrogen) atoms. The number of rotatable bonds is 17. The Morgan fingerprint density at radius 2 is 0.773 bits per heavy atom. The molecule has 2 heteroatoms. The number of hydrogen-bond donors (Lipinski definition) is 0. The van der Waals surface area contributed by atoms with Crippen molar-refractivity contribution in [2.75, 3.05) is 20.6 Å². The zero-order valence-electron chi connectivity index (χ0n) is 15.8. The SMILES string of the molecule is CCCCCCCCCCCCCCCCCC[N+](C)(C)I. The van der Waals surface area contributed by atoms with E-state index in [9.17, 15) is 0 Å². The minimum atomic E-state index is 1.09. The van der Waals surface area contributed by atoms with Gasteiger partial charge in [0.05, 0.1) is 20.6 Å². The highest BCUT2D eigenvalue weighted by Gasteiger charge is 2.08. The molecule has 0 saturated heterocycles. The largest absolute Gasteiger partial charge is 0.272 e. The van der Waals surface area contributed by atoms with E-state index in [4.69, 9.17) is 0 Å². The van der Waals surface area contributed by atoms with Crippen LogP contribution >= 0.6 is 22.9 Å². The van der Waals surface area contributed by atoms with Gasteiger partial charge in [-0.05, 0) is 12.8 Å². The molecule has 0 amide bonds. The number of unbranched alkanes of at least 4 members (excludes halogenated alkanes) is 15. The second-order valence-electron chi connectivity index (χ2n) is 7.56. The highest BCUT2D eigenvalue weighted by Crippen LogP contribution is 2.15. The smallest absolute Gasteiger partial charge is 0.248 e. The van der Waals surface area contributed by atoms with Gasteiger partial charge in [-0.25, -0.2) is 0 Å². The predicted octanol–water partition coefficient (Wildman–Crippen LogP) is 7.67. The van der Waals surface area contributed by atoms with Crippen molar-refractivity contribution in [2.45, 2.75) is 110 Å². The van der Waals surface area contributed by atoms with E-state index < -0.39 is 0 Å². The Labute approximate surface area is 155 Å². The number of halogens is 1. The molecule has 0 saturated carbocycles. The Balaban J connectivity index is 3.00. The first-order valence-electron chi connectivity index (χ1n) is 10.1. The number of hydrogen-bond acceptors (Lipinski definition) is 0. The van der Waals surface area contributed by atoms with Crippen molar-refractivity contribution in [3.8, 4) is 0 Å². The summed E-state index contributed by atoms with van der Waals surface area (Å²) in [6.07, 6.45) is 23.3. The van der Waals surface area contributed by atoms with Crippen molar-refractivity contribution in [1.82, 2.24) is 0 Å². The van der Waals surface area contributed by atoms with Crippen molar-refractivity contribution in [3.05, 3.63) is 0 Å². The van der Waals surface area contributed by atoms with Crippen molar-refractivity contribution >= 4 is 22.9 Å². The number of nitrogens with zero attached hydrogens (tertiary/aromatic N) is 1. The lowest BCUT2D eigenvalue weighted by atomic mass is 10.0. The first kappa shape index (κ1) is 22.7. The summed E-state index contributed by atoms with van der Waals surface area (Å²) in [6.45, 7) is 3.61. The Morgan fingerprint density at radius 1 is 0.500 bits per heavy atom. The van der Waals surface area contributed by atoms with Crippen LogP contribution in [0.2, 0.25) is 0 Å². The molecule has 0 radical (unpaired) electrons. The summed E-state index contributed by atoms with van der Waals surface area (Å²) in [5.74, 6) is 0. The Bertz CT molecular complexity index is 210. The lowest BCUT2D eigenvalue weighted by Gasteiger charge is -2.19. The summed E-state index contributed by atoms with van der Waals surface area (Å²) >= 11 is 2.52. The van der Waals surface area contributed by atoms with E-state index in [1.165, 1.54) is 109 Å². The van der Waals surface area contributed by atoms with E-state index in [0.717, 1.165) is 2.70 Å². The fourth-order valence-electron chi connectivity index (χ4n) is 3.04. The van der Waals surface area contributed by atoms with Gasteiger partial charge in [0.2, 0.25) is 22.9 Å². The maximum atomic E-state index is 2.52. The summed E-state index contributed by atoms with van der Waals surface area (Å²) in [4.78, 5) is 0. The van der Waals surface area contributed by atoms with Gasteiger partial charge in [-0.3, -0.25) is 2.70 Å². The van der Waals surface area contributed by atoms with Gasteiger partial charge in [-0.15, -0.1) is 0 Å². The fraction of sp³-hybridized carbons (Fsp3) is 1.00. The summed E-state index contributed by atoms with van der Waals surface area (Å²) in [7, 11) is 4.57. The van der Waals surface area contributed by atoms with Gasteiger partial charge in [0.15, 0.2) is 0 Å². The average molecular weight is 424 g/mol. The summed E-state index contributed by atoms with van der Waals surface area (Å²) < 4.78 is 1.09. The minimum absolute atomic E-state index is 1.09. The van der Waals surface area contributed by atoms with Crippen molar-refractivity contribution in [1.29, 1.82) is 0 Å². The van der Waals surface area contributed by atoms with Crippen LogP contribution in [0.1, 0.15) is 110 Å². The van der Waals surface area contributed by atoms with Crippen LogP contribution in [0, 0.1) is 0 Å². The quantitative estimate of drug-likeness (QED) is 0.128. The van der Waals surface area contributed by atoms with Crippen molar-refractivity contribution in [3.63, 3.8) is 0 Å². The van der Waals surface area contributed by atoms with Crippen molar-refractivity contribution < 1.29 is 2.70 Å². The fourth-order valence-corrected chi connectivity index (χ4v) is 3.38. The second kappa shape index (κ2) is 16.5. The van der Waals surface area contributed by atoms with Gasteiger partial charge >= 0.3 is 0 Å². The molecule has 0 aromatic carbocycles. The molecule has 1 nitrogen and oxygen atoms in total. The summed E-state index contributed by atoms with van der Waals surface area (Å²) in [5.41, 5.74) is 0. The minimum Gasteiger partial charge on any atom is -0.272 e. The lowest BCUT2D eigenvalue weighted by molar-refractivity contribution is -0.706. The van der Waals surface area contributed by atoms with E-state index in [2.05, 4.69) is 43.9 Å². The highest BCUT2D eigenvalue weighted by molar-refractivity contribution is 14.1. The maximum absolute atomic E-state index is 2.52.